The molecule has 0 N–H and O–H groups in total. The molecule has 2 unspecified atom stereocenters. The average molecular weight is 346 g/mol. The number of rotatable bonds is 2. The predicted octanol–water partition coefficient (Wildman–Crippen LogP) is 3.63. The molecule has 0 radical (unpaired) electrons. The Labute approximate surface area is 116 Å². The van der Waals surface area contributed by atoms with Crippen LogP contribution in [0.4, 0.5) is 0 Å². The van der Waals surface area contributed by atoms with E-state index in [1.807, 2.05) is 0 Å². The maximum absolute atomic E-state index is 11.8. The molecule has 4 aliphatic rings. The summed E-state index contributed by atoms with van der Waals surface area (Å²) in [5.74, 6) is 1.38. The lowest BCUT2D eigenvalue weighted by molar-refractivity contribution is -0.177. The molecule has 0 spiro atoms. The fourth-order valence-corrected chi connectivity index (χ4v) is 6.41. The third kappa shape index (κ3) is 2.04. The van der Waals surface area contributed by atoms with E-state index in [1.54, 1.807) is 6.92 Å². The van der Waals surface area contributed by atoms with Gasteiger partial charge in [-0.3, -0.25) is 0 Å². The van der Waals surface area contributed by atoms with E-state index in [9.17, 15) is 4.79 Å². The molecule has 0 saturated heterocycles. The lowest BCUT2D eigenvalue weighted by atomic mass is 9.54. The van der Waals surface area contributed by atoms with Gasteiger partial charge in [0, 0.05) is 15.4 Å². The summed E-state index contributed by atoms with van der Waals surface area (Å²) in [4.78, 5) is 11.8. The van der Waals surface area contributed by atoms with Gasteiger partial charge in [-0.2, -0.15) is 0 Å². The van der Waals surface area contributed by atoms with Crippen molar-refractivity contribution in [2.24, 2.45) is 11.8 Å². The molecule has 4 aliphatic carbocycles. The van der Waals surface area contributed by atoms with Crippen LogP contribution in [-0.4, -0.2) is 15.0 Å². The number of hydrogen-bond acceptors (Lipinski definition) is 2. The van der Waals surface area contributed by atoms with Crippen molar-refractivity contribution in [3.63, 3.8) is 0 Å². The first-order valence-electron chi connectivity index (χ1n) is 6.48. The fourth-order valence-electron chi connectivity index (χ4n) is 4.47. The van der Waals surface area contributed by atoms with Crippen LogP contribution in [0.1, 0.15) is 45.4 Å². The Kier molecular flexibility index (Phi) is 2.62. The van der Waals surface area contributed by atoms with Crippen LogP contribution in [0.2, 0.25) is 0 Å². The van der Waals surface area contributed by atoms with Crippen molar-refractivity contribution in [2.45, 2.75) is 54.5 Å². The SMILES string of the molecule is C=C(C)C(=O)OC12CC3CC(CC(I)(C3)C1)C2. The van der Waals surface area contributed by atoms with Gasteiger partial charge in [0.05, 0.1) is 0 Å². The third-order valence-electron chi connectivity index (χ3n) is 4.59. The highest BCUT2D eigenvalue weighted by Crippen LogP contribution is 2.62. The van der Waals surface area contributed by atoms with E-state index in [1.165, 1.54) is 19.3 Å². The van der Waals surface area contributed by atoms with Crippen LogP contribution >= 0.6 is 22.6 Å². The summed E-state index contributed by atoms with van der Waals surface area (Å²) in [5, 5.41) is 0. The van der Waals surface area contributed by atoms with Crippen LogP contribution in [0.3, 0.4) is 0 Å². The maximum Gasteiger partial charge on any atom is 0.333 e. The summed E-state index contributed by atoms with van der Waals surface area (Å²) in [6.45, 7) is 5.43. The Morgan fingerprint density at radius 3 is 2.35 bits per heavy atom. The molecule has 2 atom stereocenters. The van der Waals surface area contributed by atoms with Crippen molar-refractivity contribution in [2.75, 3.05) is 0 Å². The number of esters is 1. The summed E-state index contributed by atoms with van der Waals surface area (Å²) in [5.41, 5.74) is 0.379. The molecule has 0 amide bonds. The van der Waals surface area contributed by atoms with Gasteiger partial charge in [0.15, 0.2) is 0 Å². The molecule has 0 aromatic carbocycles. The minimum absolute atomic E-state index is 0.151. The summed E-state index contributed by atoms with van der Waals surface area (Å²) in [6.07, 6.45) is 7.26. The van der Waals surface area contributed by atoms with Crippen LogP contribution in [0.5, 0.6) is 0 Å². The highest BCUT2D eigenvalue weighted by atomic mass is 127. The first-order valence-corrected chi connectivity index (χ1v) is 7.55. The molecular weight excluding hydrogens is 327 g/mol. The van der Waals surface area contributed by atoms with Gasteiger partial charge in [-0.05, 0) is 50.9 Å². The van der Waals surface area contributed by atoms with Crippen LogP contribution in [0.25, 0.3) is 0 Å². The molecule has 4 saturated carbocycles. The first kappa shape index (κ1) is 12.0. The molecule has 17 heavy (non-hydrogen) atoms. The topological polar surface area (TPSA) is 26.3 Å². The molecule has 0 aromatic rings. The van der Waals surface area contributed by atoms with Crippen molar-refractivity contribution in [3.8, 4) is 0 Å². The Hall–Kier alpha value is -0.0600. The molecular formula is C14H19IO2. The Balaban J connectivity index is 1.83. The van der Waals surface area contributed by atoms with Gasteiger partial charge >= 0.3 is 5.97 Å². The minimum Gasteiger partial charge on any atom is -0.456 e. The molecule has 0 aliphatic heterocycles. The second-order valence-corrected chi connectivity index (χ2v) is 8.75. The molecule has 4 bridgehead atoms. The van der Waals surface area contributed by atoms with Crippen LogP contribution in [0.15, 0.2) is 12.2 Å². The van der Waals surface area contributed by atoms with E-state index in [0.717, 1.165) is 31.1 Å². The average Bonchev–Trinajstić information content (AvgIpc) is 2.11. The van der Waals surface area contributed by atoms with Crippen LogP contribution in [-0.2, 0) is 9.53 Å². The quantitative estimate of drug-likeness (QED) is 0.330. The number of ether oxygens (including phenoxy) is 1. The summed E-state index contributed by atoms with van der Waals surface area (Å²) < 4.78 is 6.23. The van der Waals surface area contributed by atoms with Crippen molar-refractivity contribution < 1.29 is 9.53 Å². The van der Waals surface area contributed by atoms with Crippen molar-refractivity contribution in [1.82, 2.24) is 0 Å². The van der Waals surface area contributed by atoms with Gasteiger partial charge in [0.2, 0.25) is 0 Å². The zero-order chi connectivity index (χ0) is 12.3. The summed E-state index contributed by atoms with van der Waals surface area (Å²) in [7, 11) is 0. The van der Waals surface area contributed by atoms with Gasteiger partial charge in [-0.15, -0.1) is 0 Å². The van der Waals surface area contributed by atoms with Gasteiger partial charge in [-0.25, -0.2) is 4.79 Å². The highest BCUT2D eigenvalue weighted by Gasteiger charge is 2.58. The van der Waals surface area contributed by atoms with E-state index in [0.29, 0.717) is 8.99 Å². The smallest absolute Gasteiger partial charge is 0.333 e. The largest absolute Gasteiger partial charge is 0.456 e. The monoisotopic (exact) mass is 346 g/mol. The van der Waals surface area contributed by atoms with Gasteiger partial charge < -0.3 is 4.74 Å². The lowest BCUT2D eigenvalue weighted by Gasteiger charge is -2.59. The van der Waals surface area contributed by atoms with E-state index in [4.69, 9.17) is 4.74 Å². The van der Waals surface area contributed by atoms with Crippen molar-refractivity contribution in [3.05, 3.63) is 12.2 Å². The normalized spacial score (nSPS) is 46.9. The van der Waals surface area contributed by atoms with Gasteiger partial charge in [-0.1, -0.05) is 29.2 Å². The minimum atomic E-state index is -0.188. The zero-order valence-corrected chi connectivity index (χ0v) is 12.5. The predicted molar refractivity (Wildman–Crippen MR) is 75.1 cm³/mol. The highest BCUT2D eigenvalue weighted by molar-refractivity contribution is 14.1. The van der Waals surface area contributed by atoms with Crippen LogP contribution in [0, 0.1) is 11.8 Å². The van der Waals surface area contributed by atoms with Crippen molar-refractivity contribution >= 4 is 28.6 Å². The number of alkyl halides is 1. The fraction of sp³-hybridized carbons (Fsp3) is 0.786. The molecule has 94 valence electrons. The van der Waals surface area contributed by atoms with E-state index in [-0.39, 0.29) is 11.6 Å². The standard InChI is InChI=1S/C14H19IO2/c1-9(2)12(16)17-14-6-10-3-11(7-14)5-13(15,4-10)8-14/h10-11H,1,3-8H2,2H3. The number of carbonyl (C=O) groups excluding carboxylic acids is 1. The first-order chi connectivity index (χ1) is 7.90. The second-order valence-electron chi connectivity index (χ2n) is 6.46. The summed E-state index contributed by atoms with van der Waals surface area (Å²) >= 11 is 2.63. The number of halogens is 1. The Morgan fingerprint density at radius 2 is 1.88 bits per heavy atom. The number of carbonyl (C=O) groups is 1. The van der Waals surface area contributed by atoms with Crippen LogP contribution < -0.4 is 0 Å². The second kappa shape index (κ2) is 3.72. The zero-order valence-electron chi connectivity index (χ0n) is 10.3. The van der Waals surface area contributed by atoms with Gasteiger partial charge in [0.1, 0.15) is 5.60 Å². The van der Waals surface area contributed by atoms with E-state index in [2.05, 4.69) is 29.2 Å². The molecule has 3 heteroatoms. The van der Waals surface area contributed by atoms with Gasteiger partial charge in [0.25, 0.3) is 0 Å². The maximum atomic E-state index is 11.8. The number of hydrogen-bond donors (Lipinski definition) is 0. The molecule has 0 aromatic heterocycles. The summed E-state index contributed by atoms with van der Waals surface area (Å²) in [6, 6.07) is 0. The van der Waals surface area contributed by atoms with E-state index >= 15 is 0 Å². The molecule has 4 fully saturated rings. The Morgan fingerprint density at radius 1 is 1.29 bits per heavy atom. The molecule has 4 rings (SSSR count). The molecule has 0 heterocycles. The van der Waals surface area contributed by atoms with E-state index < -0.39 is 0 Å². The third-order valence-corrected chi connectivity index (χ3v) is 5.86. The van der Waals surface area contributed by atoms with Crippen molar-refractivity contribution in [1.29, 1.82) is 0 Å². The Bertz CT molecular complexity index is 374. The lowest BCUT2D eigenvalue weighted by Crippen LogP contribution is -2.58. The molecule has 2 nitrogen and oxygen atoms in total.